The monoisotopic (exact) mass is 191 g/mol. The number of nitrogens with zero attached hydrogens (tertiary/aromatic N) is 2. The van der Waals surface area contributed by atoms with Crippen molar-refractivity contribution in [2.24, 2.45) is 4.99 Å². The first-order valence-electron chi connectivity index (χ1n) is 3.93. The number of rotatable bonds is 5. The van der Waals surface area contributed by atoms with E-state index in [1.54, 1.807) is 0 Å². The zero-order valence-electron chi connectivity index (χ0n) is 8.59. The van der Waals surface area contributed by atoms with Gasteiger partial charge in [-0.2, -0.15) is 0 Å². The van der Waals surface area contributed by atoms with Gasteiger partial charge in [0, 0.05) is 0 Å². The van der Waals surface area contributed by atoms with E-state index in [1.807, 2.05) is 6.92 Å². The fourth-order valence-electron chi connectivity index (χ4n) is 0.878. The van der Waals surface area contributed by atoms with Crippen LogP contribution in [-0.2, 0) is 0 Å². The smallest absolute Gasteiger partial charge is 0.0864 e. The highest BCUT2D eigenvalue weighted by Gasteiger charge is 1.97. The van der Waals surface area contributed by atoms with E-state index >= 15 is 0 Å². The Balaban J connectivity index is -0.000000500. The summed E-state index contributed by atoms with van der Waals surface area (Å²) in [6, 6.07) is 2.32. The molecule has 5 nitrogen and oxygen atoms in total. The molecule has 0 rings (SSSR count). The normalized spacial score (nSPS) is 10.8. The molecule has 13 heavy (non-hydrogen) atoms. The maximum Gasteiger partial charge on any atom is 0.0864 e. The van der Waals surface area contributed by atoms with E-state index < -0.39 is 0 Å². The van der Waals surface area contributed by atoms with Crippen molar-refractivity contribution < 1.29 is 11.0 Å². The van der Waals surface area contributed by atoms with Crippen molar-refractivity contribution in [1.82, 2.24) is 4.90 Å². The van der Waals surface area contributed by atoms with E-state index in [0.717, 1.165) is 19.4 Å². The Bertz CT molecular complexity index is 144. The molecule has 0 bridgehead atoms. The number of hydrogen-bond acceptors (Lipinski definition) is 3. The van der Waals surface area contributed by atoms with Gasteiger partial charge in [-0.1, -0.05) is 0 Å². The first-order chi connectivity index (χ1) is 5.16. The van der Waals surface area contributed by atoms with Crippen molar-refractivity contribution in [3.8, 4) is 0 Å². The highest BCUT2D eigenvalue weighted by atomic mass is 16.0. The second-order valence-electron chi connectivity index (χ2n) is 3.04. The summed E-state index contributed by atoms with van der Waals surface area (Å²) in [5, 5.41) is 6.63. The Morgan fingerprint density at radius 2 is 1.92 bits per heavy atom. The van der Waals surface area contributed by atoms with Gasteiger partial charge in [-0.25, -0.2) is 10.4 Å². The van der Waals surface area contributed by atoms with Crippen molar-refractivity contribution in [2.45, 2.75) is 25.8 Å². The standard InChI is InChI=1S/C8H17N3.2H2O/c1-8(10-7-9)5-4-6-11(2)3;;/h8-9H,4-6H2,1-3H3;2*1H2. The second-order valence-corrected chi connectivity index (χ2v) is 3.04. The molecule has 0 aromatic carbocycles. The van der Waals surface area contributed by atoms with Gasteiger partial charge in [0.25, 0.3) is 0 Å². The van der Waals surface area contributed by atoms with Crippen LogP contribution < -0.4 is 0 Å². The van der Waals surface area contributed by atoms with E-state index in [9.17, 15) is 0 Å². The topological polar surface area (TPSA) is 102 Å². The predicted molar refractivity (Wildman–Crippen MR) is 54.6 cm³/mol. The van der Waals surface area contributed by atoms with Gasteiger partial charge in [0.15, 0.2) is 0 Å². The summed E-state index contributed by atoms with van der Waals surface area (Å²) in [6.45, 7) is 3.11. The van der Waals surface area contributed by atoms with E-state index in [1.165, 1.54) is 0 Å². The first kappa shape index (κ1) is 18.1. The van der Waals surface area contributed by atoms with Crippen LogP contribution in [0.3, 0.4) is 0 Å². The molecule has 80 valence electrons. The summed E-state index contributed by atoms with van der Waals surface area (Å²) in [5.74, 6) is 0. The van der Waals surface area contributed by atoms with Crippen LogP contribution in [0.25, 0.3) is 0 Å². The van der Waals surface area contributed by atoms with E-state index in [0.29, 0.717) is 0 Å². The lowest BCUT2D eigenvalue weighted by Gasteiger charge is -2.09. The minimum absolute atomic E-state index is 0. The van der Waals surface area contributed by atoms with Crippen LogP contribution in [0.2, 0.25) is 0 Å². The Labute approximate surface area is 79.6 Å². The number of hydrogen-bond donors (Lipinski definition) is 1. The first-order valence-corrected chi connectivity index (χ1v) is 3.93. The van der Waals surface area contributed by atoms with Crippen molar-refractivity contribution in [2.75, 3.05) is 20.6 Å². The van der Waals surface area contributed by atoms with Gasteiger partial charge in [0.05, 0.1) is 12.1 Å². The molecule has 0 heterocycles. The van der Waals surface area contributed by atoms with Crippen molar-refractivity contribution >= 4 is 6.01 Å². The average Bonchev–Trinajstić information content (AvgIpc) is 1.87. The molecule has 0 saturated heterocycles. The lowest BCUT2D eigenvalue weighted by Crippen LogP contribution is -2.14. The van der Waals surface area contributed by atoms with Gasteiger partial charge in [0.1, 0.15) is 0 Å². The largest absolute Gasteiger partial charge is 0.412 e. The van der Waals surface area contributed by atoms with Crippen LogP contribution in [0.4, 0.5) is 0 Å². The molecule has 0 aliphatic heterocycles. The molecule has 0 aromatic heterocycles. The molecule has 0 saturated carbocycles. The lowest BCUT2D eigenvalue weighted by atomic mass is 10.2. The highest BCUT2D eigenvalue weighted by Crippen LogP contribution is 1.99. The van der Waals surface area contributed by atoms with Crippen LogP contribution in [0.5, 0.6) is 0 Å². The maximum atomic E-state index is 6.63. The molecule has 5 N–H and O–H groups in total. The van der Waals surface area contributed by atoms with E-state index in [2.05, 4.69) is 30.0 Å². The molecule has 5 heteroatoms. The number of nitrogens with one attached hydrogen (secondary N) is 1. The zero-order valence-corrected chi connectivity index (χ0v) is 8.59. The molecular weight excluding hydrogens is 170 g/mol. The zero-order chi connectivity index (χ0) is 8.69. The maximum absolute atomic E-state index is 6.63. The summed E-state index contributed by atoms with van der Waals surface area (Å²) in [7, 11) is 4.12. The van der Waals surface area contributed by atoms with E-state index in [4.69, 9.17) is 5.41 Å². The molecule has 0 aliphatic carbocycles. The fourth-order valence-corrected chi connectivity index (χ4v) is 0.878. The Hall–Kier alpha value is -0.740. The third-order valence-corrected chi connectivity index (χ3v) is 1.51. The van der Waals surface area contributed by atoms with Crippen LogP contribution in [0.1, 0.15) is 19.8 Å². The molecule has 0 aromatic rings. The van der Waals surface area contributed by atoms with Gasteiger partial charge in [-0.05, 0) is 40.4 Å². The second kappa shape index (κ2) is 11.3. The summed E-state index contributed by atoms with van der Waals surface area (Å²) >= 11 is 0. The van der Waals surface area contributed by atoms with Crippen LogP contribution in [-0.4, -0.2) is 48.5 Å². The van der Waals surface area contributed by atoms with Crippen LogP contribution >= 0.6 is 0 Å². The van der Waals surface area contributed by atoms with Gasteiger partial charge < -0.3 is 15.9 Å². The average molecular weight is 191 g/mol. The van der Waals surface area contributed by atoms with Gasteiger partial charge in [-0.3, -0.25) is 0 Å². The van der Waals surface area contributed by atoms with Gasteiger partial charge in [-0.15, -0.1) is 0 Å². The van der Waals surface area contributed by atoms with Crippen molar-refractivity contribution in [1.29, 1.82) is 5.41 Å². The van der Waals surface area contributed by atoms with Crippen molar-refractivity contribution in [3.63, 3.8) is 0 Å². The van der Waals surface area contributed by atoms with Crippen LogP contribution in [0.15, 0.2) is 4.99 Å². The molecular formula is C8H21N3O2. The third kappa shape index (κ3) is 14.2. The summed E-state index contributed by atoms with van der Waals surface area (Å²) in [5.41, 5.74) is 0. The molecule has 1 unspecified atom stereocenters. The molecule has 0 radical (unpaired) electrons. The third-order valence-electron chi connectivity index (χ3n) is 1.51. The summed E-state index contributed by atoms with van der Waals surface area (Å²) < 4.78 is 0. The molecule has 0 amide bonds. The summed E-state index contributed by atoms with van der Waals surface area (Å²) in [6.07, 6.45) is 2.18. The van der Waals surface area contributed by atoms with Gasteiger partial charge >= 0.3 is 0 Å². The lowest BCUT2D eigenvalue weighted by molar-refractivity contribution is 0.388. The SMILES string of the molecule is CC(CCCN(C)C)N=C=N.O.O. The molecule has 1 atom stereocenters. The highest BCUT2D eigenvalue weighted by molar-refractivity contribution is 5.36. The Kier molecular flexibility index (Phi) is 15.7. The quantitative estimate of drug-likeness (QED) is 0.598. The van der Waals surface area contributed by atoms with Gasteiger partial charge in [0.2, 0.25) is 0 Å². The van der Waals surface area contributed by atoms with E-state index in [-0.39, 0.29) is 17.0 Å². The minimum Gasteiger partial charge on any atom is -0.412 e. The molecule has 0 aliphatic rings. The number of aliphatic imine (C=N–C) groups is 1. The molecule has 0 fully saturated rings. The fraction of sp³-hybridized carbons (Fsp3) is 0.875. The molecule has 0 spiro atoms. The predicted octanol–water partition coefficient (Wildman–Crippen LogP) is -0.180. The Morgan fingerprint density at radius 1 is 1.38 bits per heavy atom. The van der Waals surface area contributed by atoms with Crippen molar-refractivity contribution in [3.05, 3.63) is 0 Å². The minimum atomic E-state index is 0. The van der Waals surface area contributed by atoms with Crippen LogP contribution in [0, 0.1) is 5.41 Å². The summed E-state index contributed by atoms with van der Waals surface area (Å²) in [4.78, 5) is 5.97. The Morgan fingerprint density at radius 3 is 2.31 bits per heavy atom.